The Labute approximate surface area is 149 Å². The Morgan fingerprint density at radius 3 is 2.80 bits per heavy atom. The first-order chi connectivity index (χ1) is 12.3. The summed E-state index contributed by atoms with van der Waals surface area (Å²) in [6.07, 6.45) is 3.92. The highest BCUT2D eigenvalue weighted by atomic mass is 32.1. The summed E-state index contributed by atoms with van der Waals surface area (Å²) in [6, 6.07) is 9.59. The molecule has 3 heterocycles. The molecule has 0 unspecified atom stereocenters. The van der Waals surface area contributed by atoms with Gasteiger partial charge >= 0.3 is 0 Å². The molecule has 0 atom stereocenters. The first-order valence-electron chi connectivity index (χ1n) is 8.42. The topological polar surface area (TPSA) is 72.6 Å². The van der Waals surface area contributed by atoms with Gasteiger partial charge in [-0.05, 0) is 25.0 Å². The van der Waals surface area contributed by atoms with E-state index in [0.717, 1.165) is 41.6 Å². The summed E-state index contributed by atoms with van der Waals surface area (Å²) in [7, 11) is 0. The van der Waals surface area contributed by atoms with E-state index in [1.807, 2.05) is 35.2 Å². The van der Waals surface area contributed by atoms with Crippen LogP contribution in [0.25, 0.3) is 4.96 Å². The van der Waals surface area contributed by atoms with Crippen LogP contribution in [-0.2, 0) is 4.79 Å². The number of hydrogen-bond donors (Lipinski definition) is 0. The van der Waals surface area contributed by atoms with Crippen molar-refractivity contribution < 1.29 is 9.53 Å². The summed E-state index contributed by atoms with van der Waals surface area (Å²) < 4.78 is 7.33. The van der Waals surface area contributed by atoms with E-state index in [2.05, 4.69) is 15.3 Å². The van der Waals surface area contributed by atoms with Crippen LogP contribution in [0.2, 0.25) is 0 Å². The number of carbonyl (C=O) groups excluding carboxylic acids is 1. The third kappa shape index (κ3) is 3.63. The zero-order valence-electron chi connectivity index (χ0n) is 13.7. The van der Waals surface area contributed by atoms with Crippen molar-refractivity contribution >= 4 is 22.2 Å². The molecule has 2 aromatic heterocycles. The van der Waals surface area contributed by atoms with Crippen molar-refractivity contribution in [1.82, 2.24) is 24.7 Å². The molecule has 0 bridgehead atoms. The molecular weight excluding hydrogens is 338 g/mol. The Balaban J connectivity index is 1.25. The maximum absolute atomic E-state index is 12.3. The first kappa shape index (κ1) is 16.0. The smallest absolute Gasteiger partial charge is 0.234 e. The molecule has 8 heteroatoms. The lowest BCUT2D eigenvalue weighted by Crippen LogP contribution is -2.38. The molecule has 3 aromatic rings. The lowest BCUT2D eigenvalue weighted by atomic mass is 9.97. The van der Waals surface area contributed by atoms with Crippen molar-refractivity contribution in [1.29, 1.82) is 0 Å². The van der Waals surface area contributed by atoms with Gasteiger partial charge in [-0.2, -0.15) is 9.61 Å². The number of fused-ring (bicyclic) bond motifs is 1. The van der Waals surface area contributed by atoms with Crippen LogP contribution < -0.4 is 4.74 Å². The van der Waals surface area contributed by atoms with Crippen LogP contribution in [0.3, 0.4) is 0 Å². The largest absolute Gasteiger partial charge is 0.493 e. The Bertz CT molecular complexity index is 810. The molecule has 7 nitrogen and oxygen atoms in total. The van der Waals surface area contributed by atoms with Crippen LogP contribution in [0.1, 0.15) is 30.2 Å². The highest BCUT2D eigenvalue weighted by molar-refractivity contribution is 7.16. The van der Waals surface area contributed by atoms with E-state index in [-0.39, 0.29) is 5.91 Å². The number of para-hydroxylation sites is 1. The number of piperidine rings is 1. The van der Waals surface area contributed by atoms with Crippen molar-refractivity contribution in [3.05, 3.63) is 41.7 Å². The van der Waals surface area contributed by atoms with E-state index in [1.165, 1.54) is 0 Å². The van der Waals surface area contributed by atoms with Gasteiger partial charge < -0.3 is 9.64 Å². The molecule has 130 valence electrons. The average Bonchev–Trinajstić information content (AvgIpc) is 3.25. The number of hydrogen-bond acceptors (Lipinski definition) is 6. The summed E-state index contributed by atoms with van der Waals surface area (Å²) in [5.74, 6) is 1.36. The van der Waals surface area contributed by atoms with E-state index in [4.69, 9.17) is 4.74 Å². The van der Waals surface area contributed by atoms with Crippen molar-refractivity contribution in [2.24, 2.45) is 0 Å². The highest BCUT2D eigenvalue weighted by Crippen LogP contribution is 2.30. The minimum atomic E-state index is 0.160. The van der Waals surface area contributed by atoms with E-state index in [1.54, 1.807) is 22.2 Å². The van der Waals surface area contributed by atoms with Crippen LogP contribution in [0, 0.1) is 0 Å². The van der Waals surface area contributed by atoms with Crippen LogP contribution in [-0.4, -0.2) is 50.3 Å². The second-order valence-corrected chi connectivity index (χ2v) is 7.05. The molecule has 1 amide bonds. The second-order valence-electron chi connectivity index (χ2n) is 6.06. The van der Waals surface area contributed by atoms with E-state index in [9.17, 15) is 4.79 Å². The second kappa shape index (κ2) is 7.18. The van der Waals surface area contributed by atoms with Crippen molar-refractivity contribution in [3.63, 3.8) is 0 Å². The Hall–Kier alpha value is -2.48. The summed E-state index contributed by atoms with van der Waals surface area (Å²) in [5.41, 5.74) is 0. The van der Waals surface area contributed by atoms with Gasteiger partial charge in [0.2, 0.25) is 10.9 Å². The van der Waals surface area contributed by atoms with Crippen molar-refractivity contribution in [3.8, 4) is 5.75 Å². The molecule has 0 radical (unpaired) electrons. The minimum absolute atomic E-state index is 0.160. The molecule has 1 saturated heterocycles. The number of rotatable bonds is 5. The minimum Gasteiger partial charge on any atom is -0.493 e. The van der Waals surface area contributed by atoms with Gasteiger partial charge in [0.1, 0.15) is 17.1 Å². The van der Waals surface area contributed by atoms with Crippen LogP contribution in [0.15, 0.2) is 36.7 Å². The molecule has 0 saturated carbocycles. The molecule has 0 aliphatic carbocycles. The van der Waals surface area contributed by atoms with Gasteiger partial charge in [0.25, 0.3) is 0 Å². The molecule has 0 N–H and O–H groups in total. The van der Waals surface area contributed by atoms with Crippen LogP contribution in [0.5, 0.6) is 5.75 Å². The summed E-state index contributed by atoms with van der Waals surface area (Å²) >= 11 is 1.59. The van der Waals surface area contributed by atoms with Gasteiger partial charge in [-0.1, -0.05) is 29.5 Å². The zero-order chi connectivity index (χ0) is 17.1. The maximum Gasteiger partial charge on any atom is 0.234 e. The molecule has 1 fully saturated rings. The quantitative estimate of drug-likeness (QED) is 0.701. The van der Waals surface area contributed by atoms with Gasteiger partial charge in [0.05, 0.1) is 13.0 Å². The number of nitrogens with zero attached hydrogens (tertiary/aromatic N) is 5. The number of aromatic nitrogens is 4. The maximum atomic E-state index is 12.3. The van der Waals surface area contributed by atoms with E-state index in [0.29, 0.717) is 18.9 Å². The monoisotopic (exact) mass is 357 g/mol. The van der Waals surface area contributed by atoms with Gasteiger partial charge in [-0.15, -0.1) is 10.2 Å². The van der Waals surface area contributed by atoms with E-state index < -0.39 is 0 Å². The lowest BCUT2D eigenvalue weighted by molar-refractivity contribution is -0.132. The fraction of sp³-hybridized carbons (Fsp3) is 0.412. The highest BCUT2D eigenvalue weighted by Gasteiger charge is 2.26. The lowest BCUT2D eigenvalue weighted by Gasteiger charge is -2.31. The average molecular weight is 357 g/mol. The SMILES string of the molecule is O=C(CCOc1ccccc1)N1CCC(c2nn3cnnc3s2)CC1. The summed E-state index contributed by atoms with van der Waals surface area (Å²) in [5, 5.41) is 13.5. The van der Waals surface area contributed by atoms with Gasteiger partial charge in [-0.25, -0.2) is 0 Å². The normalized spacial score (nSPS) is 15.6. The Morgan fingerprint density at radius 2 is 2.04 bits per heavy atom. The predicted octanol–water partition coefficient (Wildman–Crippen LogP) is 2.36. The zero-order valence-corrected chi connectivity index (χ0v) is 14.6. The molecule has 1 aromatic carbocycles. The van der Waals surface area contributed by atoms with Crippen molar-refractivity contribution in [2.45, 2.75) is 25.2 Å². The molecule has 1 aliphatic rings. The number of likely N-dealkylation sites (tertiary alicyclic amines) is 1. The van der Waals surface area contributed by atoms with Gasteiger partial charge in [-0.3, -0.25) is 4.79 Å². The van der Waals surface area contributed by atoms with Crippen molar-refractivity contribution in [2.75, 3.05) is 19.7 Å². The van der Waals surface area contributed by atoms with Gasteiger partial charge in [0.15, 0.2) is 0 Å². The van der Waals surface area contributed by atoms with Crippen LogP contribution in [0.4, 0.5) is 0 Å². The van der Waals surface area contributed by atoms with Crippen LogP contribution >= 0.6 is 11.3 Å². The third-order valence-corrected chi connectivity index (χ3v) is 5.50. The predicted molar refractivity (Wildman–Crippen MR) is 93.8 cm³/mol. The standard InChI is InChI=1S/C17H19N5O2S/c23-15(8-11-24-14-4-2-1-3-5-14)21-9-6-13(7-10-21)16-20-22-12-18-19-17(22)25-16/h1-5,12-13H,6-11H2. The third-order valence-electron chi connectivity index (χ3n) is 4.43. The summed E-state index contributed by atoms with van der Waals surface area (Å²) in [4.78, 5) is 15.1. The molecule has 1 aliphatic heterocycles. The Kier molecular flexibility index (Phi) is 4.60. The number of carbonyl (C=O) groups is 1. The Morgan fingerprint density at radius 1 is 1.24 bits per heavy atom. The molecular formula is C17H19N5O2S. The van der Waals surface area contributed by atoms with E-state index >= 15 is 0 Å². The fourth-order valence-electron chi connectivity index (χ4n) is 3.05. The fourth-order valence-corrected chi connectivity index (χ4v) is 4.03. The number of amides is 1. The molecule has 0 spiro atoms. The molecule has 25 heavy (non-hydrogen) atoms. The molecule has 4 rings (SSSR count). The number of benzene rings is 1. The van der Waals surface area contributed by atoms with Gasteiger partial charge in [0, 0.05) is 19.0 Å². The summed E-state index contributed by atoms with van der Waals surface area (Å²) in [6.45, 7) is 1.96. The first-order valence-corrected chi connectivity index (χ1v) is 9.23. The number of ether oxygens (including phenoxy) is 1.